The number of nitrogens with one attached hydrogen (secondary N) is 1. The lowest BCUT2D eigenvalue weighted by Gasteiger charge is -2.42. The van der Waals surface area contributed by atoms with Crippen molar-refractivity contribution in [3.63, 3.8) is 0 Å². The number of rotatable bonds is 3. The molecule has 2 aliphatic heterocycles. The van der Waals surface area contributed by atoms with Crippen molar-refractivity contribution in [2.24, 2.45) is 0 Å². The number of hydrogen-bond donors (Lipinski definition) is 1. The predicted octanol–water partition coefficient (Wildman–Crippen LogP) is 2.69. The minimum absolute atomic E-state index is 0.0221. The maximum atomic E-state index is 13.0. The molecule has 2 fully saturated rings. The molecule has 0 bridgehead atoms. The summed E-state index contributed by atoms with van der Waals surface area (Å²) >= 11 is 0. The van der Waals surface area contributed by atoms with Crippen LogP contribution in [0.1, 0.15) is 30.0 Å². The highest BCUT2D eigenvalue weighted by atomic mass is 16.5. The highest BCUT2D eigenvalue weighted by Gasteiger charge is 2.32. The molecule has 31 heavy (non-hydrogen) atoms. The van der Waals surface area contributed by atoms with Crippen molar-refractivity contribution in [2.45, 2.75) is 38.8 Å². The molecule has 8 heteroatoms. The minimum Gasteiger partial charge on any atom is -0.378 e. The lowest BCUT2D eigenvalue weighted by atomic mass is 9.99. The van der Waals surface area contributed by atoms with Crippen molar-refractivity contribution in [1.29, 1.82) is 0 Å². The summed E-state index contributed by atoms with van der Waals surface area (Å²) in [6.07, 6.45) is 5.70. The second-order valence-corrected chi connectivity index (χ2v) is 8.91. The summed E-state index contributed by atoms with van der Waals surface area (Å²) in [5.74, 6) is 0. The van der Waals surface area contributed by atoms with E-state index in [0.717, 1.165) is 78.1 Å². The average Bonchev–Trinajstić information content (AvgIpc) is 3.30. The number of hydrogen-bond acceptors (Lipinski definition) is 5. The molecule has 2 saturated heterocycles. The molecule has 1 atom stereocenters. The number of imidazole rings is 1. The Balaban J connectivity index is 1.42. The number of pyridine rings is 1. The Morgan fingerprint density at radius 3 is 2.81 bits per heavy atom. The molecule has 5 heterocycles. The predicted molar refractivity (Wildman–Crippen MR) is 118 cm³/mol. The van der Waals surface area contributed by atoms with Gasteiger partial charge >= 0.3 is 5.69 Å². The van der Waals surface area contributed by atoms with Gasteiger partial charge in [0.1, 0.15) is 6.33 Å². The van der Waals surface area contributed by atoms with Crippen molar-refractivity contribution < 1.29 is 4.74 Å². The van der Waals surface area contributed by atoms with E-state index in [1.54, 1.807) is 6.33 Å². The average molecular weight is 419 g/mol. The summed E-state index contributed by atoms with van der Waals surface area (Å²) in [7, 11) is 0. The summed E-state index contributed by atoms with van der Waals surface area (Å²) in [5.41, 5.74) is 7.08. The molecule has 0 saturated carbocycles. The molecule has 0 amide bonds. The van der Waals surface area contributed by atoms with Gasteiger partial charge in [-0.25, -0.2) is 14.3 Å². The van der Waals surface area contributed by atoms with Crippen LogP contribution in [0.2, 0.25) is 0 Å². The lowest BCUT2D eigenvalue weighted by molar-refractivity contribution is -0.0751. The Kier molecular flexibility index (Phi) is 4.26. The van der Waals surface area contributed by atoms with E-state index < -0.39 is 0 Å². The Morgan fingerprint density at radius 1 is 1.13 bits per heavy atom. The third kappa shape index (κ3) is 3.01. The molecule has 6 rings (SSSR count). The molecule has 0 unspecified atom stereocenters. The summed E-state index contributed by atoms with van der Waals surface area (Å²) in [6, 6.07) is 7.07. The Labute approximate surface area is 179 Å². The van der Waals surface area contributed by atoms with Gasteiger partial charge in [-0.05, 0) is 68.1 Å². The van der Waals surface area contributed by atoms with E-state index in [1.807, 2.05) is 22.2 Å². The van der Waals surface area contributed by atoms with E-state index >= 15 is 0 Å². The van der Waals surface area contributed by atoms with E-state index in [9.17, 15) is 4.79 Å². The maximum absolute atomic E-state index is 13.0. The molecule has 2 aliphatic rings. The summed E-state index contributed by atoms with van der Waals surface area (Å²) in [5, 5.41) is 4.30. The number of aromatic nitrogens is 5. The first-order valence-electron chi connectivity index (χ1n) is 11.0. The van der Waals surface area contributed by atoms with Gasteiger partial charge in [0, 0.05) is 18.3 Å². The standard InChI is InChI=1S/C23H26N6O2/c1-14-7-21-20(8-19(14)16-6-15(2)22-24-13-25-28(22)9-16)26-23(30)29(21)17-4-3-5-27(10-17)18-11-31-12-18/h6-9,13,17-18H,3-5,10-12H2,1-2H3,(H,26,30)/t17-/m0/s1. The number of H-pyrrole nitrogens is 1. The number of aryl methyl sites for hydroxylation is 2. The van der Waals surface area contributed by atoms with E-state index in [2.05, 4.69) is 45.1 Å². The van der Waals surface area contributed by atoms with Crippen LogP contribution in [0.5, 0.6) is 0 Å². The zero-order valence-electron chi connectivity index (χ0n) is 17.8. The quantitative estimate of drug-likeness (QED) is 0.553. The zero-order valence-corrected chi connectivity index (χ0v) is 17.8. The zero-order chi connectivity index (χ0) is 21.1. The van der Waals surface area contributed by atoms with Crippen LogP contribution < -0.4 is 5.69 Å². The first kappa shape index (κ1) is 18.8. The van der Waals surface area contributed by atoms with Crippen LogP contribution in [0.4, 0.5) is 0 Å². The van der Waals surface area contributed by atoms with Gasteiger partial charge < -0.3 is 9.72 Å². The van der Waals surface area contributed by atoms with E-state index in [0.29, 0.717) is 6.04 Å². The number of benzene rings is 1. The van der Waals surface area contributed by atoms with Crippen LogP contribution >= 0.6 is 0 Å². The van der Waals surface area contributed by atoms with E-state index in [4.69, 9.17) is 4.74 Å². The van der Waals surface area contributed by atoms with Crippen molar-refractivity contribution in [3.05, 3.63) is 52.3 Å². The second-order valence-electron chi connectivity index (χ2n) is 8.91. The number of ether oxygens (including phenoxy) is 1. The summed E-state index contributed by atoms with van der Waals surface area (Å²) in [4.78, 5) is 22.9. The Bertz CT molecular complexity index is 1350. The second kappa shape index (κ2) is 7.03. The number of nitrogens with zero attached hydrogens (tertiary/aromatic N) is 5. The van der Waals surface area contributed by atoms with Gasteiger partial charge in [-0.3, -0.25) is 9.47 Å². The molecule has 1 aromatic carbocycles. The van der Waals surface area contributed by atoms with Gasteiger partial charge in [0.05, 0.1) is 36.3 Å². The van der Waals surface area contributed by atoms with Gasteiger partial charge in [0.25, 0.3) is 0 Å². The summed E-state index contributed by atoms with van der Waals surface area (Å²) in [6.45, 7) is 7.78. The molecule has 160 valence electrons. The largest absolute Gasteiger partial charge is 0.378 e. The van der Waals surface area contributed by atoms with E-state index in [-0.39, 0.29) is 11.7 Å². The van der Waals surface area contributed by atoms with Gasteiger partial charge in [0.15, 0.2) is 5.65 Å². The SMILES string of the molecule is Cc1cc2c(cc1-c1cc(C)c3ncnn3c1)[nH]c(=O)n2[C@H]1CCCN(C2COC2)C1. The monoisotopic (exact) mass is 418 g/mol. The van der Waals surface area contributed by atoms with Crippen LogP contribution in [0.15, 0.2) is 35.5 Å². The molecule has 0 spiro atoms. The third-order valence-corrected chi connectivity index (χ3v) is 6.86. The molecule has 3 aromatic heterocycles. The molecule has 0 radical (unpaired) electrons. The first-order chi connectivity index (χ1) is 15.1. The summed E-state index contributed by atoms with van der Waals surface area (Å²) < 4.78 is 9.17. The minimum atomic E-state index is -0.0221. The smallest absolute Gasteiger partial charge is 0.326 e. The van der Waals surface area contributed by atoms with Crippen molar-refractivity contribution in [3.8, 4) is 11.1 Å². The van der Waals surface area contributed by atoms with Crippen LogP contribution in [0.3, 0.4) is 0 Å². The van der Waals surface area contributed by atoms with Crippen LogP contribution in [-0.4, -0.2) is 61.4 Å². The highest BCUT2D eigenvalue weighted by molar-refractivity contribution is 5.84. The maximum Gasteiger partial charge on any atom is 0.326 e. The van der Waals surface area contributed by atoms with Crippen LogP contribution in [0.25, 0.3) is 27.8 Å². The lowest BCUT2D eigenvalue weighted by Crippen LogP contribution is -2.53. The molecule has 8 nitrogen and oxygen atoms in total. The van der Waals surface area contributed by atoms with Crippen molar-refractivity contribution in [1.82, 2.24) is 29.0 Å². The Hall–Kier alpha value is -2.97. The van der Waals surface area contributed by atoms with Gasteiger partial charge in [-0.2, -0.15) is 5.10 Å². The van der Waals surface area contributed by atoms with Crippen LogP contribution in [0, 0.1) is 13.8 Å². The molecular formula is C23H26N6O2. The topological polar surface area (TPSA) is 80.5 Å². The highest BCUT2D eigenvalue weighted by Crippen LogP contribution is 2.31. The van der Waals surface area contributed by atoms with Gasteiger partial charge in [0.2, 0.25) is 0 Å². The Morgan fingerprint density at radius 2 is 2.00 bits per heavy atom. The fraction of sp³-hybridized carbons (Fsp3) is 0.435. The van der Waals surface area contributed by atoms with Gasteiger partial charge in [-0.15, -0.1) is 0 Å². The third-order valence-electron chi connectivity index (χ3n) is 6.86. The fourth-order valence-electron chi connectivity index (χ4n) is 5.15. The number of aromatic amines is 1. The van der Waals surface area contributed by atoms with Gasteiger partial charge in [-0.1, -0.05) is 0 Å². The number of fused-ring (bicyclic) bond motifs is 2. The number of piperidine rings is 1. The van der Waals surface area contributed by atoms with Crippen molar-refractivity contribution in [2.75, 3.05) is 26.3 Å². The first-order valence-corrected chi connectivity index (χ1v) is 11.0. The van der Waals surface area contributed by atoms with Crippen LogP contribution in [-0.2, 0) is 4.74 Å². The normalized spacial score (nSPS) is 20.5. The molecular weight excluding hydrogens is 392 g/mol. The van der Waals surface area contributed by atoms with E-state index in [1.165, 1.54) is 0 Å². The molecule has 0 aliphatic carbocycles. The van der Waals surface area contributed by atoms with Crippen molar-refractivity contribution >= 4 is 16.7 Å². The molecule has 1 N–H and O–H groups in total. The molecule has 4 aromatic rings. The number of likely N-dealkylation sites (tertiary alicyclic amines) is 1. The fourth-order valence-corrected chi connectivity index (χ4v) is 5.15.